The molecule has 0 N–H and O–H groups in total. The van der Waals surface area contributed by atoms with Gasteiger partial charge in [-0.2, -0.15) is 0 Å². The molecule has 45 heavy (non-hydrogen) atoms. The second-order valence-corrected chi connectivity index (χ2v) is 12.5. The minimum absolute atomic E-state index is 0. The molecule has 0 spiro atoms. The summed E-state index contributed by atoms with van der Waals surface area (Å²) < 4.78 is 48.1. The Bertz CT molecular complexity index is 1090. The summed E-state index contributed by atoms with van der Waals surface area (Å²) in [5.74, 6) is 1.55. The Kier molecular flexibility index (Phi) is 23.4. The van der Waals surface area contributed by atoms with E-state index in [9.17, 15) is 13.2 Å². The minimum atomic E-state index is -0.475. The average molecular weight is 633 g/mol. The molecule has 1 saturated heterocycles. The molecule has 0 aromatic heterocycles. The van der Waals surface area contributed by atoms with Gasteiger partial charge in [0, 0.05) is 11.5 Å². The van der Waals surface area contributed by atoms with Crippen molar-refractivity contribution < 1.29 is 22.6 Å². The predicted octanol–water partition coefficient (Wildman–Crippen LogP) is 12.4. The Labute approximate surface area is 274 Å². The largest absolute Gasteiger partial charge is 0.353 e. The van der Waals surface area contributed by atoms with Crippen LogP contribution in [0.2, 0.25) is 0 Å². The molecular formula is C40H63F3O2. The maximum Gasteiger partial charge on any atom is 0.154 e. The van der Waals surface area contributed by atoms with Gasteiger partial charge in [-0.3, -0.25) is 0 Å². The molecule has 1 aliphatic heterocycles. The first-order valence-corrected chi connectivity index (χ1v) is 15.6. The van der Waals surface area contributed by atoms with Gasteiger partial charge in [0.1, 0.15) is 17.5 Å². The number of halogens is 3. The highest BCUT2D eigenvalue weighted by atomic mass is 19.1. The molecule has 0 bridgehead atoms. The van der Waals surface area contributed by atoms with Gasteiger partial charge in [0.2, 0.25) is 0 Å². The molecule has 0 atom stereocenters. The SMILES string of the molecule is C.C.CC1CCC(C)CC1.CC1COC(C)OC1.Cc1cc(F)c(C)c(F)c1.Cc1ccc(C)c(F)c1.Cc1ccc(C)cc1. The van der Waals surface area contributed by atoms with E-state index in [1.807, 2.05) is 19.9 Å². The summed E-state index contributed by atoms with van der Waals surface area (Å²) >= 11 is 0. The number of ether oxygens (including phenoxy) is 2. The monoisotopic (exact) mass is 632 g/mol. The van der Waals surface area contributed by atoms with E-state index < -0.39 is 11.6 Å². The molecular weight excluding hydrogens is 569 g/mol. The van der Waals surface area contributed by atoms with Crippen LogP contribution < -0.4 is 0 Å². The van der Waals surface area contributed by atoms with Gasteiger partial charge < -0.3 is 9.47 Å². The topological polar surface area (TPSA) is 18.5 Å². The Morgan fingerprint density at radius 3 is 1.18 bits per heavy atom. The Hall–Kier alpha value is -2.63. The van der Waals surface area contributed by atoms with E-state index in [1.165, 1.54) is 61.9 Å². The van der Waals surface area contributed by atoms with E-state index in [1.54, 1.807) is 19.9 Å². The van der Waals surface area contributed by atoms with Crippen LogP contribution in [-0.2, 0) is 9.47 Å². The third-order valence-corrected chi connectivity index (χ3v) is 7.51. The van der Waals surface area contributed by atoms with Gasteiger partial charge in [0.15, 0.2) is 6.29 Å². The molecule has 3 aromatic carbocycles. The lowest BCUT2D eigenvalue weighted by Crippen LogP contribution is -2.27. The molecule has 0 amide bonds. The van der Waals surface area contributed by atoms with E-state index in [2.05, 4.69) is 58.9 Å². The third-order valence-electron chi connectivity index (χ3n) is 7.51. The van der Waals surface area contributed by atoms with Crippen molar-refractivity contribution in [3.05, 3.63) is 105 Å². The van der Waals surface area contributed by atoms with Crippen molar-refractivity contribution >= 4 is 0 Å². The number of rotatable bonds is 0. The molecule has 5 heteroatoms. The summed E-state index contributed by atoms with van der Waals surface area (Å²) in [5, 5.41) is 0. The van der Waals surface area contributed by atoms with Crippen LogP contribution in [0.3, 0.4) is 0 Å². The predicted molar refractivity (Wildman–Crippen MR) is 188 cm³/mol. The van der Waals surface area contributed by atoms with Gasteiger partial charge in [-0.25, -0.2) is 13.2 Å². The minimum Gasteiger partial charge on any atom is -0.353 e. The van der Waals surface area contributed by atoms with Gasteiger partial charge in [0.05, 0.1) is 13.2 Å². The lowest BCUT2D eigenvalue weighted by atomic mass is 9.84. The van der Waals surface area contributed by atoms with Crippen LogP contribution >= 0.6 is 0 Å². The molecule has 3 aromatic rings. The summed E-state index contributed by atoms with van der Waals surface area (Å²) in [6, 6.07) is 16.3. The Balaban J connectivity index is 0. The van der Waals surface area contributed by atoms with Gasteiger partial charge in [-0.1, -0.05) is 109 Å². The van der Waals surface area contributed by atoms with Crippen molar-refractivity contribution in [2.75, 3.05) is 13.2 Å². The highest BCUT2D eigenvalue weighted by Gasteiger charge is 2.14. The maximum absolute atomic E-state index is 12.6. The van der Waals surface area contributed by atoms with Crippen LogP contribution in [0.4, 0.5) is 13.2 Å². The molecule has 2 fully saturated rings. The zero-order valence-corrected chi connectivity index (χ0v) is 28.2. The summed E-state index contributed by atoms with van der Waals surface area (Å²) in [6.07, 6.45) is 5.91. The van der Waals surface area contributed by atoms with E-state index in [0.717, 1.165) is 30.6 Å². The van der Waals surface area contributed by atoms with Crippen molar-refractivity contribution in [3.63, 3.8) is 0 Å². The highest BCUT2D eigenvalue weighted by Crippen LogP contribution is 2.27. The van der Waals surface area contributed by atoms with Crippen molar-refractivity contribution in [2.45, 2.75) is 116 Å². The fourth-order valence-electron chi connectivity index (χ4n) is 4.23. The maximum atomic E-state index is 12.6. The van der Waals surface area contributed by atoms with Gasteiger partial charge in [-0.15, -0.1) is 0 Å². The van der Waals surface area contributed by atoms with Gasteiger partial charge >= 0.3 is 0 Å². The van der Waals surface area contributed by atoms with Crippen LogP contribution in [0, 0.1) is 76.7 Å². The second-order valence-electron chi connectivity index (χ2n) is 12.5. The second kappa shape index (κ2) is 23.7. The van der Waals surface area contributed by atoms with E-state index in [4.69, 9.17) is 9.47 Å². The summed E-state index contributed by atoms with van der Waals surface area (Å²) in [6.45, 7) is 21.4. The molecule has 0 unspecified atom stereocenters. The number of hydrogen-bond donors (Lipinski definition) is 0. The smallest absolute Gasteiger partial charge is 0.154 e. The zero-order valence-electron chi connectivity index (χ0n) is 28.2. The molecule has 2 nitrogen and oxygen atoms in total. The Morgan fingerprint density at radius 1 is 0.489 bits per heavy atom. The first-order chi connectivity index (χ1) is 20.2. The van der Waals surface area contributed by atoms with Gasteiger partial charge in [0.25, 0.3) is 0 Å². The first kappa shape index (κ1) is 44.5. The number of benzene rings is 3. The number of aryl methyl sites for hydroxylation is 5. The van der Waals surface area contributed by atoms with E-state index in [0.29, 0.717) is 17.0 Å². The summed E-state index contributed by atoms with van der Waals surface area (Å²) in [4.78, 5) is 0. The Morgan fingerprint density at radius 2 is 0.844 bits per heavy atom. The molecule has 1 saturated carbocycles. The molecule has 1 heterocycles. The standard InChI is InChI=1S/C8H8F2.C8H9F.C8H16.C8H10.C6H12O2.2CH4/c1-5-3-7(9)6(2)8(10)4-5;1-6-3-4-7(2)8(9)5-6;2*1-7-3-5-8(2)6-4-7;1-5-3-7-6(2)8-4-5;;/h3-4H,1-2H3;3-5H,1-2H3;7-8H,3-6H2,1-2H3;3-6H,1-2H3;5-6H,3-4H2,1-2H3;2*1H4. The van der Waals surface area contributed by atoms with E-state index in [-0.39, 0.29) is 32.5 Å². The van der Waals surface area contributed by atoms with Crippen LogP contribution in [0.5, 0.6) is 0 Å². The fourth-order valence-corrected chi connectivity index (χ4v) is 4.23. The summed E-state index contributed by atoms with van der Waals surface area (Å²) in [5.41, 5.74) is 5.04. The van der Waals surface area contributed by atoms with Crippen LogP contribution in [-0.4, -0.2) is 19.5 Å². The molecule has 1 aliphatic carbocycles. The van der Waals surface area contributed by atoms with Crippen LogP contribution in [0.25, 0.3) is 0 Å². The van der Waals surface area contributed by atoms with Crippen molar-refractivity contribution in [1.82, 2.24) is 0 Å². The lowest BCUT2D eigenvalue weighted by molar-refractivity contribution is -0.187. The van der Waals surface area contributed by atoms with Crippen LogP contribution in [0.15, 0.2) is 54.6 Å². The molecule has 256 valence electrons. The highest BCUT2D eigenvalue weighted by molar-refractivity contribution is 5.24. The molecule has 0 radical (unpaired) electrons. The van der Waals surface area contributed by atoms with Crippen molar-refractivity contribution in [3.8, 4) is 0 Å². The third kappa shape index (κ3) is 20.2. The zero-order chi connectivity index (χ0) is 32.5. The first-order valence-electron chi connectivity index (χ1n) is 15.6. The fraction of sp³-hybridized carbons (Fsp3) is 0.550. The quantitative estimate of drug-likeness (QED) is 0.245. The summed E-state index contributed by atoms with van der Waals surface area (Å²) in [7, 11) is 0. The number of hydrogen-bond acceptors (Lipinski definition) is 2. The molecule has 5 rings (SSSR count). The van der Waals surface area contributed by atoms with Crippen molar-refractivity contribution in [2.24, 2.45) is 17.8 Å². The average Bonchev–Trinajstić information content (AvgIpc) is 2.96. The van der Waals surface area contributed by atoms with Crippen LogP contribution in [0.1, 0.15) is 102 Å². The van der Waals surface area contributed by atoms with Gasteiger partial charge in [-0.05, 0) is 95.2 Å². The normalized spacial score (nSPS) is 19.9. The molecule has 2 aliphatic rings. The van der Waals surface area contributed by atoms with E-state index >= 15 is 0 Å². The lowest BCUT2D eigenvalue weighted by Gasteiger charge is -2.24. The van der Waals surface area contributed by atoms with Crippen molar-refractivity contribution in [1.29, 1.82) is 0 Å².